The van der Waals surface area contributed by atoms with Crippen molar-refractivity contribution in [3.8, 4) is 23.2 Å². The van der Waals surface area contributed by atoms with E-state index in [0.29, 0.717) is 30.1 Å². The molecule has 1 unspecified atom stereocenters. The van der Waals surface area contributed by atoms with Crippen molar-refractivity contribution in [3.63, 3.8) is 0 Å². The van der Waals surface area contributed by atoms with Crippen molar-refractivity contribution in [2.75, 3.05) is 0 Å². The summed E-state index contributed by atoms with van der Waals surface area (Å²) < 4.78 is 5.25. The maximum absolute atomic E-state index is 9.45. The summed E-state index contributed by atoms with van der Waals surface area (Å²) in [5.74, 6) is 1.13. The molecule has 1 N–H and O–H groups in total. The zero-order valence-electron chi connectivity index (χ0n) is 11.6. The summed E-state index contributed by atoms with van der Waals surface area (Å²) in [6, 6.07) is 8.91. The number of rotatable bonds is 5. The third-order valence-corrected chi connectivity index (χ3v) is 3.51. The summed E-state index contributed by atoms with van der Waals surface area (Å²) in [7, 11) is 0. The molecule has 0 aliphatic rings. The van der Waals surface area contributed by atoms with Crippen molar-refractivity contribution in [1.29, 1.82) is 5.26 Å². The van der Waals surface area contributed by atoms with Gasteiger partial charge in [-0.3, -0.25) is 0 Å². The van der Waals surface area contributed by atoms with E-state index in [2.05, 4.69) is 16.2 Å². The minimum absolute atomic E-state index is 0.155. The molecular weight excluding hydrogens is 254 g/mol. The van der Waals surface area contributed by atoms with Gasteiger partial charge >= 0.3 is 0 Å². The van der Waals surface area contributed by atoms with Crippen LogP contribution in [-0.4, -0.2) is 15.2 Å². The standard InChI is InChI=1S/C15H17N3O2/c1-3-15(2,7-8-16)10-13-17-14(18-20-13)11-5-4-6-12(19)9-11/h4-6,9,19H,3,7,10H2,1-2H3. The van der Waals surface area contributed by atoms with E-state index in [9.17, 15) is 5.11 Å². The number of phenolic OH excluding ortho intramolecular Hbond substituents is 1. The number of nitrogens with zero attached hydrogens (tertiary/aromatic N) is 3. The molecule has 5 heteroatoms. The van der Waals surface area contributed by atoms with Crippen molar-refractivity contribution < 1.29 is 9.63 Å². The molecule has 0 amide bonds. The van der Waals surface area contributed by atoms with Gasteiger partial charge in [0.2, 0.25) is 11.7 Å². The Kier molecular flexibility index (Phi) is 4.04. The molecule has 1 aromatic heterocycles. The first kappa shape index (κ1) is 14.1. The van der Waals surface area contributed by atoms with Gasteiger partial charge in [-0.15, -0.1) is 0 Å². The normalized spacial score (nSPS) is 13.7. The van der Waals surface area contributed by atoms with Gasteiger partial charge in [0.25, 0.3) is 0 Å². The minimum Gasteiger partial charge on any atom is -0.508 e. The Morgan fingerprint density at radius 3 is 2.90 bits per heavy atom. The molecule has 0 aliphatic heterocycles. The third-order valence-electron chi connectivity index (χ3n) is 3.51. The Labute approximate surface area is 117 Å². The van der Waals surface area contributed by atoms with Gasteiger partial charge < -0.3 is 9.63 Å². The van der Waals surface area contributed by atoms with Gasteiger partial charge in [0, 0.05) is 18.4 Å². The highest BCUT2D eigenvalue weighted by Crippen LogP contribution is 2.30. The van der Waals surface area contributed by atoms with Gasteiger partial charge in [0.15, 0.2) is 0 Å². The van der Waals surface area contributed by atoms with Crippen LogP contribution in [0.5, 0.6) is 5.75 Å². The Hall–Kier alpha value is -2.35. The second-order valence-electron chi connectivity index (χ2n) is 5.24. The second kappa shape index (κ2) is 5.74. The number of benzene rings is 1. The van der Waals surface area contributed by atoms with Crippen molar-refractivity contribution >= 4 is 0 Å². The molecule has 104 valence electrons. The monoisotopic (exact) mass is 271 g/mol. The first-order valence-corrected chi connectivity index (χ1v) is 6.55. The van der Waals surface area contributed by atoms with Gasteiger partial charge in [0.1, 0.15) is 5.75 Å². The fraction of sp³-hybridized carbons (Fsp3) is 0.400. The van der Waals surface area contributed by atoms with E-state index < -0.39 is 0 Å². The number of hydrogen-bond donors (Lipinski definition) is 1. The molecule has 0 saturated carbocycles. The first-order valence-electron chi connectivity index (χ1n) is 6.55. The predicted molar refractivity (Wildman–Crippen MR) is 73.7 cm³/mol. The number of nitriles is 1. The van der Waals surface area contributed by atoms with E-state index in [4.69, 9.17) is 9.78 Å². The van der Waals surface area contributed by atoms with Crippen molar-refractivity contribution in [3.05, 3.63) is 30.2 Å². The van der Waals surface area contributed by atoms with Crippen LogP contribution in [0.4, 0.5) is 0 Å². The summed E-state index contributed by atoms with van der Waals surface area (Å²) in [5, 5.41) is 22.3. The molecule has 0 fully saturated rings. The lowest BCUT2D eigenvalue weighted by Gasteiger charge is -2.22. The zero-order valence-corrected chi connectivity index (χ0v) is 11.6. The quantitative estimate of drug-likeness (QED) is 0.901. The topological polar surface area (TPSA) is 82.9 Å². The largest absolute Gasteiger partial charge is 0.508 e. The SMILES string of the molecule is CCC(C)(CC#N)Cc1nc(-c2cccc(O)c2)no1. The molecule has 2 rings (SSSR count). The highest BCUT2D eigenvalue weighted by molar-refractivity contribution is 5.56. The molecule has 0 spiro atoms. The molecule has 1 atom stereocenters. The van der Waals surface area contributed by atoms with Crippen molar-refractivity contribution in [2.45, 2.75) is 33.1 Å². The number of phenols is 1. The highest BCUT2D eigenvalue weighted by atomic mass is 16.5. The van der Waals surface area contributed by atoms with Crippen LogP contribution < -0.4 is 0 Å². The average molecular weight is 271 g/mol. The fourth-order valence-corrected chi connectivity index (χ4v) is 1.96. The third kappa shape index (κ3) is 3.15. The maximum atomic E-state index is 9.45. The summed E-state index contributed by atoms with van der Waals surface area (Å²) in [5.41, 5.74) is 0.552. The Bertz CT molecular complexity index is 630. The van der Waals surface area contributed by atoms with Crippen LogP contribution in [0.25, 0.3) is 11.4 Å². The van der Waals surface area contributed by atoms with Gasteiger partial charge in [-0.25, -0.2) is 0 Å². The predicted octanol–water partition coefficient (Wildman–Crippen LogP) is 3.31. The lowest BCUT2D eigenvalue weighted by Crippen LogP contribution is -2.18. The van der Waals surface area contributed by atoms with Crippen LogP contribution >= 0.6 is 0 Å². The Morgan fingerprint density at radius 1 is 1.45 bits per heavy atom. The smallest absolute Gasteiger partial charge is 0.227 e. The fourth-order valence-electron chi connectivity index (χ4n) is 1.96. The van der Waals surface area contributed by atoms with Crippen molar-refractivity contribution in [2.24, 2.45) is 5.41 Å². The van der Waals surface area contributed by atoms with E-state index in [1.54, 1.807) is 18.2 Å². The molecule has 0 aliphatic carbocycles. The molecule has 0 bridgehead atoms. The molecule has 0 radical (unpaired) electrons. The summed E-state index contributed by atoms with van der Waals surface area (Å²) >= 11 is 0. The van der Waals surface area contributed by atoms with Crippen LogP contribution in [0.3, 0.4) is 0 Å². The lowest BCUT2D eigenvalue weighted by atomic mass is 9.81. The van der Waals surface area contributed by atoms with Crippen LogP contribution in [0.15, 0.2) is 28.8 Å². The van der Waals surface area contributed by atoms with Gasteiger partial charge in [-0.1, -0.05) is 31.1 Å². The molecule has 5 nitrogen and oxygen atoms in total. The molecular formula is C15H17N3O2. The molecule has 0 saturated heterocycles. The summed E-state index contributed by atoms with van der Waals surface area (Å²) in [4.78, 5) is 4.34. The van der Waals surface area contributed by atoms with Crippen LogP contribution in [0, 0.1) is 16.7 Å². The molecule has 20 heavy (non-hydrogen) atoms. The highest BCUT2D eigenvalue weighted by Gasteiger charge is 2.25. The number of aromatic nitrogens is 2. The summed E-state index contributed by atoms with van der Waals surface area (Å²) in [6.45, 7) is 4.08. The Morgan fingerprint density at radius 2 is 2.25 bits per heavy atom. The van der Waals surface area contributed by atoms with E-state index in [1.807, 2.05) is 19.9 Å². The van der Waals surface area contributed by atoms with Crippen molar-refractivity contribution in [1.82, 2.24) is 10.1 Å². The van der Waals surface area contributed by atoms with Crippen LogP contribution in [0.1, 0.15) is 32.6 Å². The van der Waals surface area contributed by atoms with E-state index in [1.165, 1.54) is 0 Å². The Balaban J connectivity index is 2.19. The summed E-state index contributed by atoms with van der Waals surface area (Å²) in [6.07, 6.45) is 1.89. The second-order valence-corrected chi connectivity index (χ2v) is 5.24. The molecule has 2 aromatic rings. The van der Waals surface area contributed by atoms with E-state index in [0.717, 1.165) is 6.42 Å². The zero-order chi connectivity index (χ0) is 14.6. The minimum atomic E-state index is -0.155. The van der Waals surface area contributed by atoms with Gasteiger partial charge in [-0.05, 0) is 24.0 Å². The van der Waals surface area contributed by atoms with Crippen LogP contribution in [0.2, 0.25) is 0 Å². The van der Waals surface area contributed by atoms with Gasteiger partial charge in [0.05, 0.1) is 6.07 Å². The first-order chi connectivity index (χ1) is 9.56. The maximum Gasteiger partial charge on any atom is 0.227 e. The van der Waals surface area contributed by atoms with E-state index >= 15 is 0 Å². The average Bonchev–Trinajstić information content (AvgIpc) is 2.87. The molecule has 1 heterocycles. The number of aromatic hydroxyl groups is 1. The van der Waals surface area contributed by atoms with E-state index in [-0.39, 0.29) is 11.2 Å². The number of hydrogen-bond acceptors (Lipinski definition) is 5. The van der Waals surface area contributed by atoms with Crippen LogP contribution in [-0.2, 0) is 6.42 Å². The lowest BCUT2D eigenvalue weighted by molar-refractivity contribution is 0.266. The van der Waals surface area contributed by atoms with Gasteiger partial charge in [-0.2, -0.15) is 10.2 Å². The molecule has 1 aromatic carbocycles.